The fraction of sp³-hybridized carbons (Fsp3) is 0.409. The molecule has 1 saturated heterocycles. The standard InChI is InChI=1S/C22H23F3N4O4/c1-2-32-18-10-19-26-16(14-6-8-31-9-7-14)11-29(19)12-17(18)28-21(30)15-4-3-5-20(27-15)33-13-22(23,24)25/h3-5,10-12,14H,2,6-9,13H2,1H3,(H,28,30). The van der Waals surface area contributed by atoms with Crippen LogP contribution in [0.3, 0.4) is 0 Å². The van der Waals surface area contributed by atoms with Gasteiger partial charge < -0.3 is 23.9 Å². The molecule has 0 atom stereocenters. The van der Waals surface area contributed by atoms with Gasteiger partial charge in [-0.1, -0.05) is 6.07 Å². The van der Waals surface area contributed by atoms with Crippen LogP contribution in [-0.2, 0) is 4.74 Å². The number of hydrogen-bond donors (Lipinski definition) is 1. The lowest BCUT2D eigenvalue weighted by Gasteiger charge is -2.19. The summed E-state index contributed by atoms with van der Waals surface area (Å²) in [6.07, 6.45) is 0.892. The topological polar surface area (TPSA) is 87.0 Å². The maximum Gasteiger partial charge on any atom is 0.422 e. The van der Waals surface area contributed by atoms with Gasteiger partial charge in [0.2, 0.25) is 5.88 Å². The van der Waals surface area contributed by atoms with E-state index in [0.29, 0.717) is 42.8 Å². The Balaban J connectivity index is 1.56. The Morgan fingerprint density at radius 1 is 1.21 bits per heavy atom. The predicted molar refractivity (Wildman–Crippen MR) is 113 cm³/mol. The highest BCUT2D eigenvalue weighted by Gasteiger charge is 2.29. The van der Waals surface area contributed by atoms with E-state index in [1.165, 1.54) is 18.2 Å². The number of nitrogens with one attached hydrogen (secondary N) is 1. The number of rotatable bonds is 7. The van der Waals surface area contributed by atoms with Crippen LogP contribution in [0.15, 0.2) is 36.7 Å². The Morgan fingerprint density at radius 3 is 2.73 bits per heavy atom. The number of pyridine rings is 2. The molecule has 1 amide bonds. The number of carbonyl (C=O) groups excluding carboxylic acids is 1. The Hall–Kier alpha value is -3.34. The number of fused-ring (bicyclic) bond motifs is 1. The fourth-order valence-electron chi connectivity index (χ4n) is 3.56. The molecule has 0 bridgehead atoms. The third-order valence-corrected chi connectivity index (χ3v) is 5.10. The van der Waals surface area contributed by atoms with Crippen molar-refractivity contribution in [1.29, 1.82) is 0 Å². The van der Waals surface area contributed by atoms with Crippen molar-refractivity contribution in [1.82, 2.24) is 14.4 Å². The second-order valence-corrected chi connectivity index (χ2v) is 7.52. The summed E-state index contributed by atoms with van der Waals surface area (Å²) in [4.78, 5) is 21.3. The summed E-state index contributed by atoms with van der Waals surface area (Å²) in [5.74, 6) is -0.184. The molecule has 3 aromatic rings. The van der Waals surface area contributed by atoms with E-state index < -0.39 is 18.7 Å². The lowest BCUT2D eigenvalue weighted by Crippen LogP contribution is -2.20. The highest BCUT2D eigenvalue weighted by atomic mass is 19.4. The zero-order valence-corrected chi connectivity index (χ0v) is 17.9. The average molecular weight is 464 g/mol. The molecule has 1 aliphatic heterocycles. The molecular formula is C22H23F3N4O4. The van der Waals surface area contributed by atoms with Gasteiger partial charge in [0.15, 0.2) is 6.61 Å². The zero-order valence-electron chi connectivity index (χ0n) is 17.9. The van der Waals surface area contributed by atoms with Crippen LogP contribution < -0.4 is 14.8 Å². The van der Waals surface area contributed by atoms with Crippen molar-refractivity contribution >= 4 is 17.2 Å². The molecule has 0 aliphatic carbocycles. The molecule has 1 N–H and O–H groups in total. The molecule has 1 aliphatic rings. The second kappa shape index (κ2) is 9.65. The number of anilines is 1. The summed E-state index contributed by atoms with van der Waals surface area (Å²) in [5.41, 5.74) is 1.92. The van der Waals surface area contributed by atoms with Gasteiger partial charge in [0.05, 0.1) is 12.3 Å². The van der Waals surface area contributed by atoms with Gasteiger partial charge in [-0.2, -0.15) is 13.2 Å². The first kappa shape index (κ1) is 22.8. The van der Waals surface area contributed by atoms with Gasteiger partial charge in [-0.15, -0.1) is 0 Å². The molecule has 0 aromatic carbocycles. The van der Waals surface area contributed by atoms with Crippen molar-refractivity contribution in [2.24, 2.45) is 0 Å². The van der Waals surface area contributed by atoms with Crippen LogP contribution in [0.4, 0.5) is 18.9 Å². The molecule has 8 nitrogen and oxygen atoms in total. The first-order valence-electron chi connectivity index (χ1n) is 10.5. The molecule has 176 valence electrons. The fourth-order valence-corrected chi connectivity index (χ4v) is 3.56. The first-order chi connectivity index (χ1) is 15.8. The number of alkyl halides is 3. The number of aromatic nitrogens is 3. The van der Waals surface area contributed by atoms with Crippen LogP contribution >= 0.6 is 0 Å². The molecule has 4 heterocycles. The normalized spacial score (nSPS) is 14.9. The Bertz CT molecular complexity index is 1130. The minimum atomic E-state index is -4.50. The van der Waals surface area contributed by atoms with Crippen LogP contribution in [0.25, 0.3) is 5.65 Å². The lowest BCUT2D eigenvalue weighted by atomic mass is 9.97. The Labute approximate surface area is 187 Å². The highest BCUT2D eigenvalue weighted by molar-refractivity contribution is 6.03. The van der Waals surface area contributed by atoms with Gasteiger partial charge >= 0.3 is 6.18 Å². The minimum absolute atomic E-state index is 0.0919. The molecule has 0 saturated carbocycles. The maximum absolute atomic E-state index is 12.8. The summed E-state index contributed by atoms with van der Waals surface area (Å²) >= 11 is 0. The van der Waals surface area contributed by atoms with Gasteiger partial charge in [0, 0.05) is 43.7 Å². The average Bonchev–Trinajstić information content (AvgIpc) is 3.21. The third kappa shape index (κ3) is 5.72. The van der Waals surface area contributed by atoms with Crippen LogP contribution in [0, 0.1) is 0 Å². The molecule has 4 rings (SSSR count). The lowest BCUT2D eigenvalue weighted by molar-refractivity contribution is -0.154. The third-order valence-electron chi connectivity index (χ3n) is 5.10. The minimum Gasteiger partial charge on any atom is -0.491 e. The number of amides is 1. The number of halogens is 3. The van der Waals surface area contributed by atoms with E-state index in [-0.39, 0.29) is 11.6 Å². The molecule has 3 aromatic heterocycles. The monoisotopic (exact) mass is 464 g/mol. The Kier molecular flexibility index (Phi) is 6.68. The van der Waals surface area contributed by atoms with Crippen LogP contribution in [0.5, 0.6) is 11.6 Å². The van der Waals surface area contributed by atoms with E-state index in [4.69, 9.17) is 14.5 Å². The van der Waals surface area contributed by atoms with Crippen molar-refractivity contribution in [2.75, 3.05) is 31.7 Å². The van der Waals surface area contributed by atoms with E-state index in [9.17, 15) is 18.0 Å². The van der Waals surface area contributed by atoms with E-state index in [1.54, 1.807) is 16.7 Å². The van der Waals surface area contributed by atoms with E-state index in [0.717, 1.165) is 18.5 Å². The highest BCUT2D eigenvalue weighted by Crippen LogP contribution is 2.31. The second-order valence-electron chi connectivity index (χ2n) is 7.52. The summed E-state index contributed by atoms with van der Waals surface area (Å²) < 4.78 is 54.7. The quantitative estimate of drug-likeness (QED) is 0.564. The van der Waals surface area contributed by atoms with Crippen molar-refractivity contribution in [3.05, 3.63) is 48.0 Å². The van der Waals surface area contributed by atoms with Crippen molar-refractivity contribution < 1.29 is 32.2 Å². The zero-order chi connectivity index (χ0) is 23.4. The maximum atomic E-state index is 12.8. The largest absolute Gasteiger partial charge is 0.491 e. The number of hydrogen-bond acceptors (Lipinski definition) is 6. The number of nitrogens with zero attached hydrogens (tertiary/aromatic N) is 3. The summed E-state index contributed by atoms with van der Waals surface area (Å²) in [7, 11) is 0. The van der Waals surface area contributed by atoms with Crippen LogP contribution in [0.1, 0.15) is 41.9 Å². The first-order valence-corrected chi connectivity index (χ1v) is 10.5. The SMILES string of the molecule is CCOc1cc2nc(C3CCOCC3)cn2cc1NC(=O)c1cccc(OCC(F)(F)F)n1. The van der Waals surface area contributed by atoms with Crippen molar-refractivity contribution in [3.63, 3.8) is 0 Å². The van der Waals surface area contributed by atoms with Crippen molar-refractivity contribution in [3.8, 4) is 11.6 Å². The van der Waals surface area contributed by atoms with Crippen LogP contribution in [0.2, 0.25) is 0 Å². The van der Waals surface area contributed by atoms with Gasteiger partial charge in [-0.25, -0.2) is 9.97 Å². The molecule has 0 radical (unpaired) electrons. The van der Waals surface area contributed by atoms with Gasteiger partial charge in [-0.05, 0) is 25.8 Å². The molecule has 0 unspecified atom stereocenters. The van der Waals surface area contributed by atoms with E-state index >= 15 is 0 Å². The van der Waals surface area contributed by atoms with Crippen molar-refractivity contribution in [2.45, 2.75) is 31.9 Å². The smallest absolute Gasteiger partial charge is 0.422 e. The summed E-state index contributed by atoms with van der Waals surface area (Å²) in [6, 6.07) is 5.77. The van der Waals surface area contributed by atoms with Gasteiger partial charge in [0.1, 0.15) is 22.8 Å². The molecule has 0 spiro atoms. The molecule has 11 heteroatoms. The summed E-state index contributed by atoms with van der Waals surface area (Å²) in [6.45, 7) is 2.08. The summed E-state index contributed by atoms with van der Waals surface area (Å²) in [5, 5.41) is 2.72. The Morgan fingerprint density at radius 2 is 2.00 bits per heavy atom. The molecule has 33 heavy (non-hydrogen) atoms. The number of imidazole rings is 1. The molecule has 1 fully saturated rings. The number of carbonyl (C=O) groups is 1. The molecular weight excluding hydrogens is 441 g/mol. The van der Waals surface area contributed by atoms with E-state index in [1.807, 2.05) is 13.1 Å². The van der Waals surface area contributed by atoms with Crippen LogP contribution in [-0.4, -0.2) is 52.9 Å². The van der Waals surface area contributed by atoms with E-state index in [2.05, 4.69) is 15.0 Å². The van der Waals surface area contributed by atoms with Gasteiger partial charge in [0.25, 0.3) is 5.91 Å². The predicted octanol–water partition coefficient (Wildman–Crippen LogP) is 4.22. The van der Waals surface area contributed by atoms with Gasteiger partial charge in [-0.3, -0.25) is 4.79 Å². The number of ether oxygens (including phenoxy) is 3.